The van der Waals surface area contributed by atoms with Crippen molar-refractivity contribution in [3.63, 3.8) is 0 Å². The summed E-state index contributed by atoms with van der Waals surface area (Å²) in [7, 11) is 2.03. The van der Waals surface area contributed by atoms with E-state index in [1.165, 1.54) is 6.92 Å². The number of phenols is 1. The number of carbonyl (C=O) groups excluding carboxylic acids is 2. The summed E-state index contributed by atoms with van der Waals surface area (Å²) in [5.74, 6) is -0.238. The molecule has 3 atom stereocenters. The Bertz CT molecular complexity index is 1090. The van der Waals surface area contributed by atoms with Gasteiger partial charge in [0, 0.05) is 24.9 Å². The third-order valence-corrected chi connectivity index (χ3v) is 8.00. The first kappa shape index (κ1) is 24.8. The molecule has 0 aromatic heterocycles. The van der Waals surface area contributed by atoms with Gasteiger partial charge in [-0.05, 0) is 74.7 Å². The van der Waals surface area contributed by atoms with Crippen LogP contribution < -0.4 is 5.32 Å². The zero-order valence-corrected chi connectivity index (χ0v) is 21.0. The Morgan fingerprint density at radius 1 is 1.18 bits per heavy atom. The molecule has 1 amide bonds. The van der Waals surface area contributed by atoms with E-state index in [2.05, 4.69) is 10.2 Å². The lowest BCUT2D eigenvalue weighted by molar-refractivity contribution is -0.185. The summed E-state index contributed by atoms with van der Waals surface area (Å²) in [6.45, 7) is 2.87. The maximum absolute atomic E-state index is 12.9. The van der Waals surface area contributed by atoms with Crippen LogP contribution in [0.3, 0.4) is 0 Å². The molecule has 2 N–H and O–H groups in total. The first-order valence-electron chi connectivity index (χ1n) is 11.5. The summed E-state index contributed by atoms with van der Waals surface area (Å²) < 4.78 is 6.12. The van der Waals surface area contributed by atoms with E-state index in [0.717, 1.165) is 24.1 Å². The highest BCUT2D eigenvalue weighted by Gasteiger charge is 2.60. The maximum Gasteiger partial charge on any atom is 0.303 e. The number of fused-ring (bicyclic) bond motifs is 1. The van der Waals surface area contributed by atoms with Gasteiger partial charge in [-0.3, -0.25) is 9.59 Å². The molecule has 6 nitrogen and oxygen atoms in total. The van der Waals surface area contributed by atoms with Crippen molar-refractivity contribution in [1.29, 1.82) is 0 Å². The van der Waals surface area contributed by atoms with E-state index in [-0.39, 0.29) is 30.1 Å². The van der Waals surface area contributed by atoms with Crippen molar-refractivity contribution in [1.82, 2.24) is 10.2 Å². The molecule has 1 heterocycles. The fourth-order valence-corrected chi connectivity index (χ4v) is 6.15. The molecule has 0 bridgehead atoms. The molecule has 182 valence electrons. The van der Waals surface area contributed by atoms with Gasteiger partial charge in [-0.1, -0.05) is 41.4 Å². The Kier molecular flexibility index (Phi) is 7.13. The second kappa shape index (κ2) is 9.76. The number of ether oxygens (including phenoxy) is 1. The third kappa shape index (κ3) is 4.90. The van der Waals surface area contributed by atoms with Gasteiger partial charge in [0.2, 0.25) is 5.91 Å². The van der Waals surface area contributed by atoms with Crippen LogP contribution in [0.5, 0.6) is 5.75 Å². The summed E-state index contributed by atoms with van der Waals surface area (Å²) in [6, 6.07) is 12.3. The molecule has 0 unspecified atom stereocenters. The lowest BCUT2D eigenvalue weighted by Crippen LogP contribution is -2.68. The van der Waals surface area contributed by atoms with Crippen molar-refractivity contribution < 1.29 is 19.4 Å². The number of nitrogens with one attached hydrogen (secondary N) is 1. The van der Waals surface area contributed by atoms with E-state index in [1.54, 1.807) is 30.3 Å². The highest BCUT2D eigenvalue weighted by atomic mass is 35.5. The molecule has 1 saturated heterocycles. The zero-order valence-electron chi connectivity index (χ0n) is 19.4. The molecule has 1 aliphatic heterocycles. The van der Waals surface area contributed by atoms with Crippen LogP contribution in [0, 0.1) is 0 Å². The monoisotopic (exact) mass is 504 g/mol. The second-order valence-electron chi connectivity index (χ2n) is 9.64. The van der Waals surface area contributed by atoms with E-state index < -0.39 is 11.0 Å². The molecule has 2 aromatic carbocycles. The minimum atomic E-state index is -0.732. The fourth-order valence-electron chi connectivity index (χ4n) is 5.83. The molecule has 4 rings (SSSR count). The standard InChI is InChI=1S/C26H30Cl2N2O4/c1-17(31)34-26-9-8-20(29-24(33)13-18-6-7-22(27)23(28)12-18)15-25(26,10-11-30(2)16-26)19-4-3-5-21(32)14-19/h3-7,12,14,20,32H,8-11,13,15-16H2,1-2H3,(H,29,33)/t20-,25-,26-/m0/s1. The number of phenolic OH excluding ortho intramolecular Hbond substituents is 1. The summed E-state index contributed by atoms with van der Waals surface area (Å²) in [4.78, 5) is 27.4. The van der Waals surface area contributed by atoms with Crippen molar-refractivity contribution in [2.45, 2.75) is 56.1 Å². The summed E-state index contributed by atoms with van der Waals surface area (Å²) >= 11 is 12.1. The fraction of sp³-hybridized carbons (Fsp3) is 0.462. The number of aromatic hydroxyl groups is 1. The van der Waals surface area contributed by atoms with Crippen LogP contribution in [0.1, 0.15) is 43.7 Å². The van der Waals surface area contributed by atoms with Gasteiger partial charge in [-0.15, -0.1) is 0 Å². The molecule has 1 saturated carbocycles. The summed E-state index contributed by atoms with van der Waals surface area (Å²) in [6.07, 6.45) is 2.87. The van der Waals surface area contributed by atoms with Crippen LogP contribution in [0.25, 0.3) is 0 Å². The van der Waals surface area contributed by atoms with Gasteiger partial charge in [0.05, 0.1) is 16.5 Å². The van der Waals surface area contributed by atoms with Crippen LogP contribution in [-0.2, 0) is 26.2 Å². The smallest absolute Gasteiger partial charge is 0.303 e. The highest BCUT2D eigenvalue weighted by Crippen LogP contribution is 2.53. The van der Waals surface area contributed by atoms with Gasteiger partial charge in [0.15, 0.2) is 0 Å². The predicted molar refractivity (Wildman–Crippen MR) is 132 cm³/mol. The van der Waals surface area contributed by atoms with Crippen molar-refractivity contribution in [2.24, 2.45) is 0 Å². The summed E-state index contributed by atoms with van der Waals surface area (Å²) in [5.41, 5.74) is 0.470. The quantitative estimate of drug-likeness (QED) is 0.586. The van der Waals surface area contributed by atoms with Gasteiger partial charge in [-0.25, -0.2) is 0 Å². The number of nitrogens with zero attached hydrogens (tertiary/aromatic N) is 1. The number of piperidine rings is 1. The van der Waals surface area contributed by atoms with E-state index in [1.807, 2.05) is 19.2 Å². The lowest BCUT2D eigenvalue weighted by Gasteiger charge is -2.59. The number of amides is 1. The molecule has 8 heteroatoms. The van der Waals surface area contributed by atoms with Crippen molar-refractivity contribution in [3.8, 4) is 5.75 Å². The van der Waals surface area contributed by atoms with Gasteiger partial charge in [-0.2, -0.15) is 0 Å². The van der Waals surface area contributed by atoms with E-state index in [9.17, 15) is 14.7 Å². The number of benzene rings is 2. The lowest BCUT2D eigenvalue weighted by atomic mass is 9.55. The molecule has 0 radical (unpaired) electrons. The maximum atomic E-state index is 12.9. The number of esters is 1. The van der Waals surface area contributed by atoms with Crippen molar-refractivity contribution in [3.05, 3.63) is 63.6 Å². The molecular weight excluding hydrogens is 475 g/mol. The highest BCUT2D eigenvalue weighted by molar-refractivity contribution is 6.42. The van der Waals surface area contributed by atoms with Crippen molar-refractivity contribution in [2.75, 3.05) is 20.1 Å². The first-order valence-corrected chi connectivity index (χ1v) is 12.3. The number of hydrogen-bond acceptors (Lipinski definition) is 5. The van der Waals surface area contributed by atoms with Crippen LogP contribution in [0.2, 0.25) is 10.0 Å². The normalized spacial score (nSPS) is 27.0. The van der Waals surface area contributed by atoms with Crippen LogP contribution in [0.4, 0.5) is 0 Å². The Labute approximate surface area is 210 Å². The number of halogens is 2. The molecule has 2 aromatic rings. The Hall–Kier alpha value is -2.28. The number of rotatable bonds is 5. The molecular formula is C26H30Cl2N2O4. The van der Waals surface area contributed by atoms with Gasteiger partial charge >= 0.3 is 5.97 Å². The number of hydrogen-bond donors (Lipinski definition) is 2. The number of likely N-dealkylation sites (tertiary alicyclic amines) is 1. The average molecular weight is 505 g/mol. The Balaban J connectivity index is 1.62. The predicted octanol–water partition coefficient (Wildman–Crippen LogP) is 4.49. The zero-order chi connectivity index (χ0) is 24.5. The minimum Gasteiger partial charge on any atom is -0.508 e. The number of carbonyl (C=O) groups is 2. The van der Waals surface area contributed by atoms with Crippen LogP contribution in [0.15, 0.2) is 42.5 Å². The Morgan fingerprint density at radius 2 is 1.97 bits per heavy atom. The van der Waals surface area contributed by atoms with Crippen molar-refractivity contribution >= 4 is 35.1 Å². The molecule has 34 heavy (non-hydrogen) atoms. The average Bonchev–Trinajstić information content (AvgIpc) is 2.76. The van der Waals surface area contributed by atoms with E-state index in [4.69, 9.17) is 27.9 Å². The topological polar surface area (TPSA) is 78.9 Å². The van der Waals surface area contributed by atoms with Crippen LogP contribution in [-0.4, -0.2) is 53.7 Å². The SMILES string of the molecule is CC(=O)O[C@]12CC[C@H](NC(=O)Cc3ccc(Cl)c(Cl)c3)C[C@]1(c1cccc(O)c1)CCN(C)C2. The van der Waals surface area contributed by atoms with Gasteiger partial charge < -0.3 is 20.1 Å². The second-order valence-corrected chi connectivity index (χ2v) is 10.5. The summed E-state index contributed by atoms with van der Waals surface area (Å²) in [5, 5.41) is 14.3. The third-order valence-electron chi connectivity index (χ3n) is 7.26. The van der Waals surface area contributed by atoms with Gasteiger partial charge in [0.1, 0.15) is 11.4 Å². The molecule has 2 fully saturated rings. The van der Waals surface area contributed by atoms with Crippen LogP contribution >= 0.6 is 23.2 Å². The molecule has 2 aliphatic rings. The number of likely N-dealkylation sites (N-methyl/N-ethyl adjacent to an activating group) is 1. The minimum absolute atomic E-state index is 0.0929. The Morgan fingerprint density at radius 3 is 2.68 bits per heavy atom. The molecule has 0 spiro atoms. The largest absolute Gasteiger partial charge is 0.508 e. The first-order chi connectivity index (χ1) is 16.1. The van der Waals surface area contributed by atoms with E-state index in [0.29, 0.717) is 35.9 Å². The van der Waals surface area contributed by atoms with E-state index >= 15 is 0 Å². The van der Waals surface area contributed by atoms with Gasteiger partial charge in [0.25, 0.3) is 0 Å². The molecule has 1 aliphatic carbocycles.